The zero-order valence-electron chi connectivity index (χ0n) is 22.6. The fourth-order valence-corrected chi connectivity index (χ4v) is 6.18. The van der Waals surface area contributed by atoms with E-state index in [0.717, 1.165) is 28.1 Å². The second kappa shape index (κ2) is 11.6. The van der Waals surface area contributed by atoms with Gasteiger partial charge in [0.05, 0.1) is 29.0 Å². The van der Waals surface area contributed by atoms with Crippen LogP contribution in [0.25, 0.3) is 27.2 Å². The van der Waals surface area contributed by atoms with Crippen molar-refractivity contribution in [2.45, 2.75) is 19.8 Å². The number of hydrogen-bond donors (Lipinski definition) is 1. The van der Waals surface area contributed by atoms with Gasteiger partial charge in [0.1, 0.15) is 4.70 Å². The molecule has 6 rings (SSSR count). The van der Waals surface area contributed by atoms with Gasteiger partial charge in [-0.25, -0.2) is 18.1 Å². The molecule has 0 spiro atoms. The molecule has 0 unspecified atom stereocenters. The molecule has 12 nitrogen and oxygen atoms in total. The van der Waals surface area contributed by atoms with E-state index in [9.17, 15) is 17.8 Å². The summed E-state index contributed by atoms with van der Waals surface area (Å²) in [5.74, 6) is 1.05. The van der Waals surface area contributed by atoms with Crippen LogP contribution in [-0.4, -0.2) is 64.8 Å². The Bertz CT molecular complexity index is 1890. The minimum absolute atomic E-state index is 0.0563. The van der Waals surface area contributed by atoms with Crippen LogP contribution in [0.4, 0.5) is 17.5 Å². The largest absolute Gasteiger partial charge is 0.748 e. The van der Waals surface area contributed by atoms with Crippen LogP contribution in [0.3, 0.4) is 0 Å². The van der Waals surface area contributed by atoms with Gasteiger partial charge in [0, 0.05) is 60.0 Å². The van der Waals surface area contributed by atoms with Crippen LogP contribution in [0, 0.1) is 6.92 Å². The van der Waals surface area contributed by atoms with Gasteiger partial charge < -0.3 is 23.9 Å². The summed E-state index contributed by atoms with van der Waals surface area (Å²) in [5.41, 5.74) is 4.63. The van der Waals surface area contributed by atoms with Gasteiger partial charge in [0.2, 0.25) is 11.4 Å². The van der Waals surface area contributed by atoms with Crippen molar-refractivity contribution in [3.05, 3.63) is 75.7 Å². The van der Waals surface area contributed by atoms with Crippen LogP contribution in [0.2, 0.25) is 0 Å². The Labute approximate surface area is 245 Å². The molecule has 5 aromatic rings. The van der Waals surface area contributed by atoms with E-state index in [0.29, 0.717) is 60.7 Å². The van der Waals surface area contributed by atoms with Gasteiger partial charge in [0.25, 0.3) is 0 Å². The molecule has 0 saturated carbocycles. The van der Waals surface area contributed by atoms with Crippen LogP contribution in [0.1, 0.15) is 17.7 Å². The Morgan fingerprint density at radius 1 is 1.14 bits per heavy atom. The monoisotopic (exact) mass is 607 g/mol. The molecule has 0 radical (unpaired) electrons. The molecule has 0 atom stereocenters. The Kier molecular flexibility index (Phi) is 7.77. The minimum Gasteiger partial charge on any atom is -0.748 e. The topological polar surface area (TPSA) is 156 Å². The lowest BCUT2D eigenvalue weighted by atomic mass is 10.1. The molecule has 1 N–H and O–H groups in total. The van der Waals surface area contributed by atoms with E-state index in [2.05, 4.69) is 20.4 Å². The van der Waals surface area contributed by atoms with Crippen molar-refractivity contribution < 1.29 is 22.1 Å². The van der Waals surface area contributed by atoms with Crippen LogP contribution in [0.5, 0.6) is 0 Å². The van der Waals surface area contributed by atoms with Gasteiger partial charge in [-0.15, -0.1) is 11.3 Å². The van der Waals surface area contributed by atoms with Gasteiger partial charge in [-0.05, 0) is 43.0 Å². The number of fused-ring (bicyclic) bond motifs is 1. The second-order valence-electron chi connectivity index (χ2n) is 9.85. The number of nitrogens with zero attached hydrogens (tertiary/aromatic N) is 5. The summed E-state index contributed by atoms with van der Waals surface area (Å²) < 4.78 is 46.6. The molecule has 42 heavy (non-hydrogen) atoms. The van der Waals surface area contributed by atoms with Crippen molar-refractivity contribution in [1.29, 1.82) is 0 Å². The lowest BCUT2D eigenvalue weighted by Crippen LogP contribution is -2.36. The van der Waals surface area contributed by atoms with Crippen LogP contribution < -0.4 is 15.6 Å². The number of benzene rings is 1. The zero-order chi connectivity index (χ0) is 29.3. The molecule has 1 aliphatic heterocycles. The lowest BCUT2D eigenvalue weighted by molar-refractivity contribution is 0.121. The lowest BCUT2D eigenvalue weighted by Gasteiger charge is -2.27. The van der Waals surface area contributed by atoms with E-state index in [1.165, 1.54) is 11.3 Å². The maximum atomic E-state index is 12.8. The molecule has 0 bridgehead atoms. The van der Waals surface area contributed by atoms with Gasteiger partial charge in [-0.3, -0.25) is 4.79 Å². The van der Waals surface area contributed by atoms with Crippen molar-refractivity contribution in [2.24, 2.45) is 0 Å². The Morgan fingerprint density at radius 3 is 2.69 bits per heavy atom. The van der Waals surface area contributed by atoms with E-state index in [-0.39, 0.29) is 11.8 Å². The molecule has 218 valence electrons. The van der Waals surface area contributed by atoms with Crippen LogP contribution >= 0.6 is 11.3 Å². The van der Waals surface area contributed by atoms with Crippen LogP contribution in [0.15, 0.2) is 63.4 Å². The number of thiophene rings is 1. The van der Waals surface area contributed by atoms with Gasteiger partial charge in [0.15, 0.2) is 17.3 Å². The summed E-state index contributed by atoms with van der Waals surface area (Å²) in [5, 5.41) is 9.62. The average Bonchev–Trinajstić information content (AvgIpc) is 3.57. The first-order valence-corrected chi connectivity index (χ1v) is 15.8. The molecule has 0 amide bonds. The third kappa shape index (κ3) is 6.21. The fourth-order valence-electron chi connectivity index (χ4n) is 4.77. The van der Waals surface area contributed by atoms with Gasteiger partial charge in [-0.1, -0.05) is 12.1 Å². The van der Waals surface area contributed by atoms with Crippen molar-refractivity contribution in [3.63, 3.8) is 0 Å². The summed E-state index contributed by atoms with van der Waals surface area (Å²) in [6.07, 6.45) is 4.05. The van der Waals surface area contributed by atoms with Crippen LogP contribution in [-0.2, 0) is 21.3 Å². The van der Waals surface area contributed by atoms with E-state index < -0.39 is 15.9 Å². The van der Waals surface area contributed by atoms with Gasteiger partial charge in [-0.2, -0.15) is 10.1 Å². The summed E-state index contributed by atoms with van der Waals surface area (Å²) in [4.78, 5) is 23.7. The predicted molar refractivity (Wildman–Crippen MR) is 159 cm³/mol. The summed E-state index contributed by atoms with van der Waals surface area (Å²) >= 11 is 1.37. The number of anilines is 3. The SMILES string of the molecule is Cc1nn(-c2ccnc(Nc3ccc(-c4csc5c(=O)cc(N6CCOCC6)oc45)cc3)n2)cc1CCCS(=O)(=O)[O-]. The summed E-state index contributed by atoms with van der Waals surface area (Å²) in [7, 11) is -4.25. The highest BCUT2D eigenvalue weighted by atomic mass is 32.2. The van der Waals surface area contributed by atoms with Crippen molar-refractivity contribution in [1.82, 2.24) is 19.7 Å². The van der Waals surface area contributed by atoms with Crippen molar-refractivity contribution >= 4 is 49.3 Å². The molecule has 1 fully saturated rings. The first-order valence-electron chi connectivity index (χ1n) is 13.3. The van der Waals surface area contributed by atoms with E-state index in [4.69, 9.17) is 9.15 Å². The molecule has 1 aliphatic rings. The Balaban J connectivity index is 1.18. The second-order valence-corrected chi connectivity index (χ2v) is 12.2. The van der Waals surface area contributed by atoms with E-state index in [1.54, 1.807) is 29.2 Å². The highest BCUT2D eigenvalue weighted by Gasteiger charge is 2.19. The number of hydrogen-bond acceptors (Lipinski definition) is 12. The van der Waals surface area contributed by atoms with Crippen molar-refractivity contribution in [3.8, 4) is 16.9 Å². The predicted octanol–water partition coefficient (Wildman–Crippen LogP) is 3.86. The number of nitrogens with one attached hydrogen (secondary N) is 1. The highest BCUT2D eigenvalue weighted by Crippen LogP contribution is 2.35. The Morgan fingerprint density at radius 2 is 1.93 bits per heavy atom. The van der Waals surface area contributed by atoms with E-state index >= 15 is 0 Å². The van der Waals surface area contributed by atoms with Crippen molar-refractivity contribution in [2.75, 3.05) is 42.3 Å². The number of morpholine rings is 1. The summed E-state index contributed by atoms with van der Waals surface area (Å²) in [6, 6.07) is 11.0. The molecule has 5 heterocycles. The molecule has 4 aromatic heterocycles. The zero-order valence-corrected chi connectivity index (χ0v) is 24.3. The molecular formula is C28H27N6O6S2-. The number of aryl methyl sites for hydroxylation is 2. The normalized spacial score (nSPS) is 14.0. The first kappa shape index (κ1) is 28.0. The quantitative estimate of drug-likeness (QED) is 0.243. The molecule has 1 saturated heterocycles. The maximum Gasteiger partial charge on any atom is 0.229 e. The minimum atomic E-state index is -4.25. The third-order valence-corrected chi connectivity index (χ3v) is 8.69. The molecule has 14 heteroatoms. The molecule has 1 aromatic carbocycles. The first-order chi connectivity index (χ1) is 20.2. The summed E-state index contributed by atoms with van der Waals surface area (Å²) in [6.45, 7) is 4.37. The average molecular weight is 608 g/mol. The third-order valence-electron chi connectivity index (χ3n) is 6.92. The smallest absolute Gasteiger partial charge is 0.229 e. The number of aromatic nitrogens is 4. The number of ether oxygens (including phenoxy) is 1. The maximum absolute atomic E-state index is 12.8. The fraction of sp³-hybridized carbons (Fsp3) is 0.286. The Hall–Kier alpha value is -4.11. The van der Waals surface area contributed by atoms with E-state index in [1.807, 2.05) is 41.5 Å². The number of rotatable bonds is 9. The standard InChI is InChI=1S/C28H28N6O6S2/c1-18-20(3-2-14-42(36,37)38)16-34(32-18)24-8-9-29-28(31-24)30-21-6-4-19(5-7-21)22-17-41-27-23(35)15-25(40-26(22)27)33-10-12-39-13-11-33/h4-9,15-17H,2-3,10-14H2,1H3,(H,29,30,31)(H,36,37,38)/p-1. The molecule has 0 aliphatic carbocycles. The molecular weight excluding hydrogens is 580 g/mol. The highest BCUT2D eigenvalue weighted by molar-refractivity contribution is 7.85. The van der Waals surface area contributed by atoms with Gasteiger partial charge >= 0.3 is 0 Å².